The fourth-order valence-corrected chi connectivity index (χ4v) is 5.87. The van der Waals surface area contributed by atoms with Gasteiger partial charge < -0.3 is 44.7 Å². The van der Waals surface area contributed by atoms with Crippen molar-refractivity contribution in [1.29, 1.82) is 0 Å². The molecule has 1 atom stereocenters. The number of carbonyl (C=O) groups excluding carboxylic acids is 2. The number of nitrogens with one attached hydrogen (secondary N) is 3. The van der Waals surface area contributed by atoms with E-state index in [2.05, 4.69) is 31.0 Å². The minimum atomic E-state index is -1.06. The third-order valence-corrected chi connectivity index (χ3v) is 8.69. The first-order valence-corrected chi connectivity index (χ1v) is 19.4. The number of aryl methyl sites for hydroxylation is 1. The van der Waals surface area contributed by atoms with Gasteiger partial charge >= 0.3 is 5.97 Å². The maximum atomic E-state index is 12.8. The van der Waals surface area contributed by atoms with Gasteiger partial charge in [0, 0.05) is 35.5 Å². The summed E-state index contributed by atoms with van der Waals surface area (Å²) in [4.78, 5) is 43.9. The molecule has 0 bridgehead atoms. The first-order chi connectivity index (χ1) is 28.3. The number of unbranched alkanes of at least 4 members (excludes halogenated alkanes) is 1. The molecule has 310 valence electrons. The van der Waals surface area contributed by atoms with E-state index in [1.807, 2.05) is 85.8 Å². The number of hydrogen-bond acceptors (Lipinski definition) is 11. The number of carboxylic acid groups (broad SMARTS) is 1. The van der Waals surface area contributed by atoms with Crippen LogP contribution in [0.5, 0.6) is 5.75 Å². The topological polar surface area (TPSA) is 215 Å². The molecule has 1 aromatic heterocycles. The number of anilines is 1. The number of ether oxygens (including phenoxy) is 5. The second-order valence-corrected chi connectivity index (χ2v) is 13.1. The summed E-state index contributed by atoms with van der Waals surface area (Å²) in [6.07, 6.45) is 1.35. The van der Waals surface area contributed by atoms with E-state index in [9.17, 15) is 19.5 Å². The van der Waals surface area contributed by atoms with Gasteiger partial charge in [0.2, 0.25) is 11.8 Å². The molecule has 58 heavy (non-hydrogen) atoms. The van der Waals surface area contributed by atoms with Gasteiger partial charge in [0.1, 0.15) is 18.2 Å². The van der Waals surface area contributed by atoms with Crippen LogP contribution in [0.3, 0.4) is 0 Å². The van der Waals surface area contributed by atoms with Crippen LogP contribution in [-0.4, -0.2) is 107 Å². The molecule has 2 amide bonds. The maximum Gasteiger partial charge on any atom is 0.305 e. The van der Waals surface area contributed by atoms with E-state index in [0.717, 1.165) is 45.6 Å². The van der Waals surface area contributed by atoms with Gasteiger partial charge in [0.15, 0.2) is 0 Å². The minimum absolute atomic E-state index is 0.249. The van der Waals surface area contributed by atoms with Crippen molar-refractivity contribution in [3.8, 4) is 16.9 Å². The lowest BCUT2D eigenvalue weighted by Gasteiger charge is -2.19. The molecular formula is C42H53N7O9. The molecule has 4 aromatic rings. The van der Waals surface area contributed by atoms with Gasteiger partial charge in [0.05, 0.1) is 71.9 Å². The van der Waals surface area contributed by atoms with E-state index in [4.69, 9.17) is 29.2 Å². The Kier molecular flexibility index (Phi) is 20.3. The molecule has 0 spiro atoms. The van der Waals surface area contributed by atoms with Gasteiger partial charge in [-0.05, 0) is 65.6 Å². The number of benzene rings is 3. The van der Waals surface area contributed by atoms with E-state index in [0.29, 0.717) is 84.5 Å². The average molecular weight is 800 g/mol. The zero-order valence-corrected chi connectivity index (χ0v) is 32.9. The van der Waals surface area contributed by atoms with E-state index < -0.39 is 17.9 Å². The Hall–Kier alpha value is -5.77. The van der Waals surface area contributed by atoms with Crippen molar-refractivity contribution in [2.24, 2.45) is 5.11 Å². The van der Waals surface area contributed by atoms with Crippen LogP contribution in [0.25, 0.3) is 32.3 Å². The van der Waals surface area contributed by atoms with Crippen LogP contribution in [0.1, 0.15) is 43.0 Å². The Morgan fingerprint density at radius 2 is 1.45 bits per heavy atom. The molecule has 0 aliphatic heterocycles. The number of nitrogens with zero attached hydrogens (tertiary/aromatic N) is 4. The molecule has 0 aliphatic rings. The van der Waals surface area contributed by atoms with E-state index in [-0.39, 0.29) is 25.3 Å². The lowest BCUT2D eigenvalue weighted by Crippen LogP contribution is -2.39. The van der Waals surface area contributed by atoms with Crippen LogP contribution in [0.15, 0.2) is 84.0 Å². The summed E-state index contributed by atoms with van der Waals surface area (Å²) < 4.78 is 27.9. The van der Waals surface area contributed by atoms with Crippen molar-refractivity contribution in [3.05, 3.63) is 101 Å². The number of amides is 2. The molecule has 16 nitrogen and oxygen atoms in total. The molecule has 0 aliphatic carbocycles. The van der Waals surface area contributed by atoms with Crippen molar-refractivity contribution >= 4 is 34.4 Å². The van der Waals surface area contributed by atoms with Gasteiger partial charge in [-0.25, -0.2) is 4.98 Å². The van der Waals surface area contributed by atoms with Crippen molar-refractivity contribution in [1.82, 2.24) is 15.6 Å². The van der Waals surface area contributed by atoms with Crippen LogP contribution >= 0.6 is 0 Å². The molecule has 0 saturated heterocycles. The van der Waals surface area contributed by atoms with Gasteiger partial charge in [-0.2, -0.15) is 0 Å². The lowest BCUT2D eigenvalue weighted by atomic mass is 9.95. The molecule has 0 unspecified atom stereocenters. The highest BCUT2D eigenvalue weighted by molar-refractivity contribution is 6.00. The number of azide groups is 1. The first-order valence-electron chi connectivity index (χ1n) is 19.4. The highest BCUT2D eigenvalue weighted by Crippen LogP contribution is 2.35. The van der Waals surface area contributed by atoms with Gasteiger partial charge in [-0.1, -0.05) is 65.8 Å². The van der Waals surface area contributed by atoms with E-state index in [1.54, 1.807) is 0 Å². The van der Waals surface area contributed by atoms with Crippen LogP contribution in [0.4, 0.5) is 5.82 Å². The first kappa shape index (κ1) is 44.9. The average Bonchev–Trinajstić information content (AvgIpc) is 3.22. The summed E-state index contributed by atoms with van der Waals surface area (Å²) in [5.74, 6) is -0.273. The summed E-state index contributed by atoms with van der Waals surface area (Å²) in [5.41, 5.74) is 11.6. The molecule has 0 saturated carbocycles. The predicted octanol–water partition coefficient (Wildman–Crippen LogP) is 6.00. The highest BCUT2D eigenvalue weighted by Gasteiger charge is 2.19. The number of hydrogen-bond donors (Lipinski definition) is 4. The highest BCUT2D eigenvalue weighted by atomic mass is 16.6. The van der Waals surface area contributed by atoms with Gasteiger partial charge in [0.25, 0.3) is 0 Å². The maximum absolute atomic E-state index is 12.8. The van der Waals surface area contributed by atoms with Crippen LogP contribution in [0.2, 0.25) is 0 Å². The number of pyridine rings is 1. The van der Waals surface area contributed by atoms with Crippen LogP contribution in [0, 0.1) is 6.92 Å². The SMILES string of the molecule is Cc1cccc(NCCCCC(=O)NCC(=O)N[C@@H](CC(=O)O)c2ccc(-c3ccc(OCCOCCOCCOCCOCCN=[N+]=[N-])c4ccccc34)cc2)n1. The fourth-order valence-electron chi connectivity index (χ4n) is 5.87. The molecule has 0 radical (unpaired) electrons. The van der Waals surface area contributed by atoms with Crippen LogP contribution < -0.4 is 20.7 Å². The summed E-state index contributed by atoms with van der Waals surface area (Å²) >= 11 is 0. The second-order valence-electron chi connectivity index (χ2n) is 13.1. The second kappa shape index (κ2) is 26.2. The van der Waals surface area contributed by atoms with E-state index in [1.165, 1.54) is 0 Å². The Morgan fingerprint density at radius 1 is 0.776 bits per heavy atom. The third-order valence-electron chi connectivity index (χ3n) is 8.69. The largest absolute Gasteiger partial charge is 0.491 e. The molecule has 1 heterocycles. The molecular weight excluding hydrogens is 747 g/mol. The quantitative estimate of drug-likeness (QED) is 0.0216. The number of carbonyl (C=O) groups is 3. The van der Waals surface area contributed by atoms with Crippen molar-refractivity contribution in [3.63, 3.8) is 0 Å². The van der Waals surface area contributed by atoms with Crippen molar-refractivity contribution < 1.29 is 43.2 Å². The zero-order valence-electron chi connectivity index (χ0n) is 32.9. The summed E-state index contributed by atoms with van der Waals surface area (Å²) in [6, 6.07) is 24.2. The monoisotopic (exact) mass is 799 g/mol. The number of aromatic nitrogens is 1. The molecule has 0 fully saturated rings. The Bertz CT molecular complexity index is 1920. The smallest absolute Gasteiger partial charge is 0.305 e. The van der Waals surface area contributed by atoms with E-state index >= 15 is 0 Å². The number of fused-ring (bicyclic) bond motifs is 1. The van der Waals surface area contributed by atoms with Crippen LogP contribution in [-0.2, 0) is 33.3 Å². The summed E-state index contributed by atoms with van der Waals surface area (Å²) in [6.45, 7) is 6.33. The van der Waals surface area contributed by atoms with Gasteiger partial charge in [-0.3, -0.25) is 14.4 Å². The standard InChI is InChI=1S/C42H53N7O9/c1-31-7-6-10-39(47-31)44-18-5-4-11-40(50)45-30-41(51)48-37(29-42(52)53)33-14-12-32(13-15-33)34-16-17-38(36-9-3-2-8-35(34)36)58-28-27-57-26-25-56-24-23-55-22-21-54-20-19-46-49-43/h2-3,6-10,12-17,37H,4-5,11,18-30H2,1H3,(H,44,47)(H,45,50)(H,48,51)(H,52,53)/t37-/m0/s1. The third kappa shape index (κ3) is 16.8. The normalized spacial score (nSPS) is 11.4. The van der Waals surface area contributed by atoms with Crippen molar-refractivity contribution in [2.75, 3.05) is 84.4 Å². The Labute approximate surface area is 338 Å². The minimum Gasteiger partial charge on any atom is -0.491 e. The van der Waals surface area contributed by atoms with Crippen molar-refractivity contribution in [2.45, 2.75) is 38.6 Å². The van der Waals surface area contributed by atoms with Gasteiger partial charge in [-0.15, -0.1) is 0 Å². The lowest BCUT2D eigenvalue weighted by molar-refractivity contribution is -0.138. The molecule has 16 heteroatoms. The zero-order chi connectivity index (χ0) is 41.2. The summed E-state index contributed by atoms with van der Waals surface area (Å²) in [7, 11) is 0. The molecule has 4 N–H and O–H groups in total. The number of carboxylic acids is 1. The molecule has 3 aromatic carbocycles. The Morgan fingerprint density at radius 3 is 2.12 bits per heavy atom. The molecule has 4 rings (SSSR count). The summed E-state index contributed by atoms with van der Waals surface area (Å²) in [5, 5.41) is 23.5. The number of rotatable bonds is 29. The number of aliphatic carboxylic acids is 1. The fraction of sp³-hybridized carbons (Fsp3) is 0.429. The predicted molar refractivity (Wildman–Crippen MR) is 220 cm³/mol. The Balaban J connectivity index is 1.18.